The molecule has 1 N–H and O–H groups in total. The van der Waals surface area contributed by atoms with E-state index in [4.69, 9.17) is 0 Å². The Kier molecular flexibility index (Phi) is 3.06. The van der Waals surface area contributed by atoms with E-state index in [1.54, 1.807) is 6.33 Å². The maximum Gasteiger partial charge on any atom is 0.156 e. The van der Waals surface area contributed by atoms with Gasteiger partial charge >= 0.3 is 0 Å². The van der Waals surface area contributed by atoms with E-state index in [0.717, 1.165) is 35.5 Å². The summed E-state index contributed by atoms with van der Waals surface area (Å²) in [5.74, 6) is 2.47. The molecule has 0 bridgehead atoms. The van der Waals surface area contributed by atoms with Crippen molar-refractivity contribution < 1.29 is 0 Å². The SMILES string of the molecule is Cc1ccc2[nH]c3c(N4C[C@H](C)C[C@H](C)C4)ncnc3c2c1. The molecule has 0 unspecified atom stereocenters. The molecule has 1 saturated heterocycles. The van der Waals surface area contributed by atoms with Crippen LogP contribution in [0.15, 0.2) is 24.5 Å². The summed E-state index contributed by atoms with van der Waals surface area (Å²) in [6.07, 6.45) is 3.01. The molecule has 114 valence electrons. The second kappa shape index (κ2) is 4.97. The van der Waals surface area contributed by atoms with Gasteiger partial charge in [0.25, 0.3) is 0 Å². The molecule has 22 heavy (non-hydrogen) atoms. The number of fused-ring (bicyclic) bond motifs is 3. The van der Waals surface area contributed by atoms with E-state index in [2.05, 4.69) is 58.8 Å². The highest BCUT2D eigenvalue weighted by Gasteiger charge is 2.25. The second-order valence-corrected chi connectivity index (χ2v) is 6.95. The molecule has 0 radical (unpaired) electrons. The van der Waals surface area contributed by atoms with Crippen molar-refractivity contribution in [2.45, 2.75) is 27.2 Å². The fraction of sp³-hybridized carbons (Fsp3) is 0.444. The van der Waals surface area contributed by atoms with Gasteiger partial charge in [-0.15, -0.1) is 0 Å². The zero-order valence-electron chi connectivity index (χ0n) is 13.4. The highest BCUT2D eigenvalue weighted by Crippen LogP contribution is 2.32. The van der Waals surface area contributed by atoms with Crippen molar-refractivity contribution in [2.24, 2.45) is 11.8 Å². The molecule has 4 rings (SSSR count). The van der Waals surface area contributed by atoms with Gasteiger partial charge in [0.1, 0.15) is 17.4 Å². The maximum atomic E-state index is 4.60. The summed E-state index contributed by atoms with van der Waals surface area (Å²) >= 11 is 0. The Morgan fingerprint density at radius 1 is 1.14 bits per heavy atom. The van der Waals surface area contributed by atoms with Gasteiger partial charge in [0.15, 0.2) is 5.82 Å². The number of nitrogens with one attached hydrogen (secondary N) is 1. The van der Waals surface area contributed by atoms with Crippen molar-refractivity contribution in [1.82, 2.24) is 15.0 Å². The highest BCUT2D eigenvalue weighted by molar-refractivity contribution is 6.08. The lowest BCUT2D eigenvalue weighted by atomic mass is 9.92. The monoisotopic (exact) mass is 294 g/mol. The molecule has 0 amide bonds. The number of aromatic nitrogens is 3. The van der Waals surface area contributed by atoms with Crippen molar-refractivity contribution in [2.75, 3.05) is 18.0 Å². The maximum absolute atomic E-state index is 4.60. The third-order valence-corrected chi connectivity index (χ3v) is 4.69. The van der Waals surface area contributed by atoms with E-state index >= 15 is 0 Å². The fourth-order valence-corrected chi connectivity index (χ4v) is 3.87. The summed E-state index contributed by atoms with van der Waals surface area (Å²) in [6.45, 7) is 8.93. The van der Waals surface area contributed by atoms with E-state index in [1.165, 1.54) is 17.4 Å². The Morgan fingerprint density at radius 3 is 2.68 bits per heavy atom. The first-order valence-electron chi connectivity index (χ1n) is 8.10. The number of aromatic amines is 1. The third-order valence-electron chi connectivity index (χ3n) is 4.69. The first kappa shape index (κ1) is 13.6. The minimum Gasteiger partial charge on any atom is -0.354 e. The molecule has 4 heteroatoms. The molecule has 1 fully saturated rings. The van der Waals surface area contributed by atoms with E-state index in [0.29, 0.717) is 11.8 Å². The molecule has 4 nitrogen and oxygen atoms in total. The summed E-state index contributed by atoms with van der Waals surface area (Å²) in [5, 5.41) is 1.19. The largest absolute Gasteiger partial charge is 0.354 e. The minimum absolute atomic E-state index is 0.709. The molecule has 1 aliphatic rings. The first-order chi connectivity index (χ1) is 10.6. The molecule has 1 aliphatic heterocycles. The summed E-state index contributed by atoms with van der Waals surface area (Å²) in [4.78, 5) is 15.1. The predicted octanol–water partition coefficient (Wildman–Crippen LogP) is 3.90. The van der Waals surface area contributed by atoms with Crippen LogP contribution in [0.5, 0.6) is 0 Å². The average Bonchev–Trinajstić information content (AvgIpc) is 2.84. The quantitative estimate of drug-likeness (QED) is 0.740. The Morgan fingerprint density at radius 2 is 1.91 bits per heavy atom. The lowest BCUT2D eigenvalue weighted by Crippen LogP contribution is -2.39. The Balaban J connectivity index is 1.89. The number of aryl methyl sites for hydroxylation is 1. The van der Waals surface area contributed by atoms with Crippen LogP contribution in [0.4, 0.5) is 5.82 Å². The normalized spacial score (nSPS) is 22.6. The van der Waals surface area contributed by atoms with Gasteiger partial charge < -0.3 is 9.88 Å². The van der Waals surface area contributed by atoms with Gasteiger partial charge in [0.05, 0.1) is 0 Å². The molecule has 0 spiro atoms. The number of hydrogen-bond acceptors (Lipinski definition) is 3. The smallest absolute Gasteiger partial charge is 0.156 e. The van der Waals surface area contributed by atoms with Gasteiger partial charge in [-0.1, -0.05) is 25.5 Å². The molecule has 0 aliphatic carbocycles. The average molecular weight is 294 g/mol. The predicted molar refractivity (Wildman–Crippen MR) is 91.3 cm³/mol. The molecule has 3 heterocycles. The van der Waals surface area contributed by atoms with Gasteiger partial charge in [-0.05, 0) is 37.3 Å². The van der Waals surface area contributed by atoms with Crippen molar-refractivity contribution in [3.63, 3.8) is 0 Å². The van der Waals surface area contributed by atoms with Crippen LogP contribution in [-0.4, -0.2) is 28.0 Å². The van der Waals surface area contributed by atoms with Crippen LogP contribution in [-0.2, 0) is 0 Å². The summed E-state index contributed by atoms with van der Waals surface area (Å²) < 4.78 is 0. The summed E-state index contributed by atoms with van der Waals surface area (Å²) in [5.41, 5.74) is 4.51. The Hall–Kier alpha value is -2.10. The zero-order chi connectivity index (χ0) is 15.3. The third kappa shape index (κ3) is 2.14. The minimum atomic E-state index is 0.709. The van der Waals surface area contributed by atoms with E-state index < -0.39 is 0 Å². The molecule has 1 aromatic carbocycles. The van der Waals surface area contributed by atoms with Crippen molar-refractivity contribution >= 4 is 27.8 Å². The van der Waals surface area contributed by atoms with Crippen molar-refractivity contribution in [1.29, 1.82) is 0 Å². The topological polar surface area (TPSA) is 44.8 Å². The lowest BCUT2D eigenvalue weighted by molar-refractivity contribution is 0.356. The van der Waals surface area contributed by atoms with Gasteiger partial charge in [-0.25, -0.2) is 9.97 Å². The number of rotatable bonds is 1. The second-order valence-electron chi connectivity index (χ2n) is 6.95. The highest BCUT2D eigenvalue weighted by atomic mass is 15.2. The molecule has 0 saturated carbocycles. The van der Waals surface area contributed by atoms with E-state index in [9.17, 15) is 0 Å². The van der Waals surface area contributed by atoms with Gasteiger partial charge in [0.2, 0.25) is 0 Å². The van der Waals surface area contributed by atoms with Gasteiger partial charge in [0, 0.05) is 24.0 Å². The number of hydrogen-bond donors (Lipinski definition) is 1. The van der Waals surface area contributed by atoms with Crippen LogP contribution in [0.2, 0.25) is 0 Å². The Labute approximate surface area is 130 Å². The first-order valence-corrected chi connectivity index (χ1v) is 8.10. The number of nitrogens with zero attached hydrogens (tertiary/aromatic N) is 3. The van der Waals surface area contributed by atoms with Crippen LogP contribution >= 0.6 is 0 Å². The number of benzene rings is 1. The number of anilines is 1. The van der Waals surface area contributed by atoms with Crippen molar-refractivity contribution in [3.8, 4) is 0 Å². The molecular formula is C18H22N4. The van der Waals surface area contributed by atoms with Crippen LogP contribution in [0.1, 0.15) is 25.8 Å². The standard InChI is InChI=1S/C18H22N4/c1-11-4-5-15-14(7-11)16-17(21-15)18(20-10-19-16)22-8-12(2)6-13(3)9-22/h4-5,7,10,12-13,21H,6,8-9H2,1-3H3/t12-,13+. The van der Waals surface area contributed by atoms with E-state index in [1.807, 2.05) is 0 Å². The Bertz CT molecular complexity index is 826. The van der Waals surface area contributed by atoms with Gasteiger partial charge in [-0.3, -0.25) is 0 Å². The fourth-order valence-electron chi connectivity index (χ4n) is 3.87. The van der Waals surface area contributed by atoms with Crippen LogP contribution in [0.3, 0.4) is 0 Å². The molecule has 3 aromatic rings. The summed E-state index contributed by atoms with van der Waals surface area (Å²) in [6, 6.07) is 6.47. The van der Waals surface area contributed by atoms with Crippen LogP contribution in [0, 0.1) is 18.8 Å². The molecule has 2 aromatic heterocycles. The van der Waals surface area contributed by atoms with E-state index in [-0.39, 0.29) is 0 Å². The molecule has 2 atom stereocenters. The lowest BCUT2D eigenvalue weighted by Gasteiger charge is -2.35. The van der Waals surface area contributed by atoms with Gasteiger partial charge in [-0.2, -0.15) is 0 Å². The van der Waals surface area contributed by atoms with Crippen LogP contribution < -0.4 is 4.90 Å². The zero-order valence-corrected chi connectivity index (χ0v) is 13.4. The molecular weight excluding hydrogens is 272 g/mol. The van der Waals surface area contributed by atoms with Crippen molar-refractivity contribution in [3.05, 3.63) is 30.1 Å². The number of piperidine rings is 1. The van der Waals surface area contributed by atoms with Crippen LogP contribution in [0.25, 0.3) is 21.9 Å². The number of H-pyrrole nitrogens is 1. The summed E-state index contributed by atoms with van der Waals surface area (Å²) in [7, 11) is 0.